The quantitative estimate of drug-likeness (QED) is 0.274. The lowest BCUT2D eigenvalue weighted by Gasteiger charge is -2.25. The van der Waals surface area contributed by atoms with Gasteiger partial charge in [-0.15, -0.1) is 10.2 Å². The molecule has 0 fully saturated rings. The third-order valence-electron chi connectivity index (χ3n) is 5.19. The van der Waals surface area contributed by atoms with E-state index in [2.05, 4.69) is 25.7 Å². The van der Waals surface area contributed by atoms with Crippen LogP contribution in [0.5, 0.6) is 11.5 Å². The van der Waals surface area contributed by atoms with Gasteiger partial charge < -0.3 is 19.4 Å². The molecule has 3 aromatic carbocycles. The topological polar surface area (TPSA) is 103 Å². The molecule has 176 valence electrons. The van der Waals surface area contributed by atoms with E-state index in [1.165, 1.54) is 11.8 Å². The molecule has 1 aliphatic heterocycles. The Bertz CT molecular complexity index is 1340. The van der Waals surface area contributed by atoms with Gasteiger partial charge in [-0.3, -0.25) is 4.79 Å². The van der Waals surface area contributed by atoms with Gasteiger partial charge >= 0.3 is 0 Å². The maximum Gasteiger partial charge on any atom is 0.234 e. The van der Waals surface area contributed by atoms with E-state index in [-0.39, 0.29) is 17.8 Å². The molecule has 5 rings (SSSR count). The number of benzene rings is 3. The maximum atomic E-state index is 12.5. The van der Waals surface area contributed by atoms with Crippen molar-refractivity contribution in [3.8, 4) is 11.5 Å². The van der Waals surface area contributed by atoms with Crippen molar-refractivity contribution >= 4 is 34.7 Å². The maximum absolute atomic E-state index is 12.5. The van der Waals surface area contributed by atoms with Crippen molar-refractivity contribution in [1.82, 2.24) is 14.8 Å². The number of carbonyl (C=O) groups is 1. The van der Waals surface area contributed by atoms with E-state index in [0.29, 0.717) is 40.5 Å². The molecular weight excluding hydrogens is 464 g/mol. The Hall–Kier alpha value is -4.18. The number of aromatic nitrogens is 3. The fourth-order valence-electron chi connectivity index (χ4n) is 3.43. The lowest BCUT2D eigenvalue weighted by molar-refractivity contribution is -0.113. The van der Waals surface area contributed by atoms with Crippen LogP contribution >= 0.6 is 11.8 Å². The van der Waals surface area contributed by atoms with Crippen LogP contribution in [-0.2, 0) is 11.8 Å². The van der Waals surface area contributed by atoms with Gasteiger partial charge in [0.1, 0.15) is 6.61 Å². The first kappa shape index (κ1) is 22.6. The van der Waals surface area contributed by atoms with Gasteiger partial charge in [0.2, 0.25) is 5.91 Å². The van der Waals surface area contributed by atoms with E-state index >= 15 is 0 Å². The first-order chi connectivity index (χ1) is 17.2. The number of rotatable bonds is 7. The minimum Gasteiger partial charge on any atom is -0.485 e. The van der Waals surface area contributed by atoms with Crippen molar-refractivity contribution in [2.24, 2.45) is 17.3 Å². The van der Waals surface area contributed by atoms with Crippen LogP contribution in [-0.4, -0.2) is 33.0 Å². The average Bonchev–Trinajstić information content (AvgIpc) is 3.27. The molecule has 2 heterocycles. The number of anilines is 1. The van der Waals surface area contributed by atoms with Gasteiger partial charge in [-0.1, -0.05) is 42.1 Å². The first-order valence-electron chi connectivity index (χ1n) is 10.9. The molecule has 0 radical (unpaired) electrons. The Balaban J connectivity index is 1.14. The molecule has 1 atom stereocenters. The number of ether oxygens (including phenoxy) is 2. The molecule has 9 nitrogen and oxygen atoms in total. The second kappa shape index (κ2) is 10.4. The summed E-state index contributed by atoms with van der Waals surface area (Å²) in [6.07, 6.45) is -0.372. The van der Waals surface area contributed by atoms with Crippen LogP contribution in [0.3, 0.4) is 0 Å². The molecule has 0 bridgehead atoms. The summed E-state index contributed by atoms with van der Waals surface area (Å²) >= 11 is 1.30. The van der Waals surface area contributed by atoms with Gasteiger partial charge in [-0.2, -0.15) is 10.2 Å². The standard InChI is InChI=1S/C25H22N6O3S/c1-31-24(22-15-33-20-9-5-6-10-21(20)34-22)29-30-25(31)35-16-23(32)26-17-11-13-19(14-12-17)28-27-18-7-3-2-4-8-18/h2-14,22H,15-16H2,1H3,(H,26,32). The monoisotopic (exact) mass is 486 g/mol. The molecule has 10 heteroatoms. The molecule has 1 aliphatic rings. The fourth-order valence-corrected chi connectivity index (χ4v) is 4.15. The summed E-state index contributed by atoms with van der Waals surface area (Å²) < 4.78 is 13.6. The number of azo groups is 1. The van der Waals surface area contributed by atoms with Gasteiger partial charge in [-0.05, 0) is 48.5 Å². The molecular formula is C25H22N6O3S. The second-order valence-electron chi connectivity index (χ2n) is 7.68. The highest BCUT2D eigenvalue weighted by Gasteiger charge is 2.27. The molecule has 1 aromatic heterocycles. The second-order valence-corrected chi connectivity index (χ2v) is 8.63. The number of para-hydroxylation sites is 2. The highest BCUT2D eigenvalue weighted by atomic mass is 32.2. The molecule has 1 N–H and O–H groups in total. The Morgan fingerprint density at radius 2 is 1.66 bits per heavy atom. The molecule has 1 amide bonds. The molecule has 0 saturated heterocycles. The van der Waals surface area contributed by atoms with E-state index in [0.717, 1.165) is 5.69 Å². The Labute approximate surface area is 206 Å². The number of thioether (sulfide) groups is 1. The fraction of sp³-hybridized carbons (Fsp3) is 0.160. The van der Waals surface area contributed by atoms with E-state index in [1.807, 2.05) is 66.2 Å². The van der Waals surface area contributed by atoms with Crippen molar-refractivity contribution < 1.29 is 14.3 Å². The van der Waals surface area contributed by atoms with Crippen LogP contribution in [0.2, 0.25) is 0 Å². The summed E-state index contributed by atoms with van der Waals surface area (Å²) in [5.74, 6) is 2.07. The zero-order valence-corrected chi connectivity index (χ0v) is 19.7. The largest absolute Gasteiger partial charge is 0.485 e. The van der Waals surface area contributed by atoms with Crippen molar-refractivity contribution in [3.63, 3.8) is 0 Å². The molecule has 0 saturated carbocycles. The summed E-state index contributed by atoms with van der Waals surface area (Å²) in [5, 5.41) is 20.4. The van der Waals surface area contributed by atoms with Crippen molar-refractivity contribution in [3.05, 3.63) is 84.7 Å². The summed E-state index contributed by atoms with van der Waals surface area (Å²) in [6, 6.07) is 24.2. The van der Waals surface area contributed by atoms with Gasteiger partial charge in [0, 0.05) is 12.7 Å². The predicted octanol–water partition coefficient (Wildman–Crippen LogP) is 5.47. The van der Waals surface area contributed by atoms with Crippen molar-refractivity contribution in [1.29, 1.82) is 0 Å². The number of amides is 1. The van der Waals surface area contributed by atoms with E-state index < -0.39 is 0 Å². The summed E-state index contributed by atoms with van der Waals surface area (Å²) in [5.41, 5.74) is 2.16. The molecule has 0 aliphatic carbocycles. The Morgan fingerprint density at radius 1 is 0.971 bits per heavy atom. The Kier molecular flexibility index (Phi) is 6.71. The molecule has 35 heavy (non-hydrogen) atoms. The van der Waals surface area contributed by atoms with E-state index in [4.69, 9.17) is 9.47 Å². The number of carbonyl (C=O) groups excluding carboxylic acids is 1. The number of hydrogen-bond donors (Lipinski definition) is 1. The van der Waals surface area contributed by atoms with Crippen molar-refractivity contribution in [2.75, 3.05) is 17.7 Å². The van der Waals surface area contributed by atoms with Crippen LogP contribution in [0.4, 0.5) is 17.1 Å². The molecule has 1 unspecified atom stereocenters. The number of nitrogens with zero attached hydrogens (tertiary/aromatic N) is 5. The summed E-state index contributed by atoms with van der Waals surface area (Å²) in [6.45, 7) is 0.342. The Morgan fingerprint density at radius 3 is 2.43 bits per heavy atom. The SMILES string of the molecule is Cn1c(SCC(=O)Nc2ccc(N=Nc3ccccc3)cc2)nnc1C1COc2ccccc2O1. The lowest BCUT2D eigenvalue weighted by atomic mass is 10.2. The van der Waals surface area contributed by atoms with Crippen LogP contribution in [0.15, 0.2) is 94.2 Å². The van der Waals surface area contributed by atoms with Crippen LogP contribution in [0.1, 0.15) is 11.9 Å². The van der Waals surface area contributed by atoms with Gasteiger partial charge in [0.15, 0.2) is 28.6 Å². The molecule has 4 aromatic rings. The van der Waals surface area contributed by atoms with Crippen LogP contribution in [0, 0.1) is 0 Å². The van der Waals surface area contributed by atoms with E-state index in [1.54, 1.807) is 24.3 Å². The third kappa shape index (κ3) is 5.49. The average molecular weight is 487 g/mol. The predicted molar refractivity (Wildman–Crippen MR) is 133 cm³/mol. The number of hydrogen-bond acceptors (Lipinski definition) is 8. The zero-order valence-electron chi connectivity index (χ0n) is 18.9. The smallest absolute Gasteiger partial charge is 0.234 e. The summed E-state index contributed by atoms with van der Waals surface area (Å²) in [4.78, 5) is 12.5. The van der Waals surface area contributed by atoms with Gasteiger partial charge in [0.25, 0.3) is 0 Å². The van der Waals surface area contributed by atoms with Crippen molar-refractivity contribution in [2.45, 2.75) is 11.3 Å². The van der Waals surface area contributed by atoms with Gasteiger partial charge in [0.05, 0.1) is 17.1 Å². The normalized spacial score (nSPS) is 14.7. The minimum absolute atomic E-state index is 0.149. The highest BCUT2D eigenvalue weighted by molar-refractivity contribution is 7.99. The third-order valence-corrected chi connectivity index (χ3v) is 6.21. The number of nitrogens with one attached hydrogen (secondary N) is 1. The minimum atomic E-state index is -0.372. The highest BCUT2D eigenvalue weighted by Crippen LogP contribution is 2.35. The molecule has 0 spiro atoms. The zero-order chi connectivity index (χ0) is 24.0. The van der Waals surface area contributed by atoms with Crippen LogP contribution in [0.25, 0.3) is 0 Å². The number of fused-ring (bicyclic) bond motifs is 1. The lowest BCUT2D eigenvalue weighted by Crippen LogP contribution is -2.24. The van der Waals surface area contributed by atoms with Gasteiger partial charge in [-0.25, -0.2) is 0 Å². The summed E-state index contributed by atoms with van der Waals surface area (Å²) in [7, 11) is 1.85. The van der Waals surface area contributed by atoms with Crippen LogP contribution < -0.4 is 14.8 Å². The van der Waals surface area contributed by atoms with E-state index in [9.17, 15) is 4.79 Å². The first-order valence-corrected chi connectivity index (χ1v) is 11.9.